The fourth-order valence-electron chi connectivity index (χ4n) is 1.72. The van der Waals surface area contributed by atoms with E-state index >= 15 is 0 Å². The van der Waals surface area contributed by atoms with Crippen LogP contribution in [0.5, 0.6) is 11.8 Å². The van der Waals surface area contributed by atoms with E-state index in [2.05, 4.69) is 9.97 Å². The minimum absolute atomic E-state index is 0.115. The van der Waals surface area contributed by atoms with Gasteiger partial charge in [0.15, 0.2) is 0 Å². The highest BCUT2D eigenvalue weighted by Gasteiger charge is 2.16. The molecular formula is C13H21N3O4. The molecule has 20 heavy (non-hydrogen) atoms. The van der Waals surface area contributed by atoms with Crippen molar-refractivity contribution in [2.45, 2.75) is 32.7 Å². The summed E-state index contributed by atoms with van der Waals surface area (Å²) in [5.41, 5.74) is 0. The lowest BCUT2D eigenvalue weighted by Crippen LogP contribution is -2.33. The second-order valence-electron chi connectivity index (χ2n) is 4.54. The molecule has 7 nitrogen and oxygen atoms in total. The number of aromatic nitrogens is 2. The van der Waals surface area contributed by atoms with Crippen LogP contribution in [0.25, 0.3) is 0 Å². The maximum Gasteiger partial charge on any atom is 0.303 e. The van der Waals surface area contributed by atoms with E-state index < -0.39 is 5.97 Å². The fourth-order valence-corrected chi connectivity index (χ4v) is 1.72. The molecule has 1 heterocycles. The first-order valence-electron chi connectivity index (χ1n) is 6.43. The molecule has 0 radical (unpaired) electrons. The monoisotopic (exact) mass is 283 g/mol. The molecule has 0 spiro atoms. The van der Waals surface area contributed by atoms with Crippen molar-refractivity contribution in [3.63, 3.8) is 0 Å². The molecule has 0 aromatic carbocycles. The maximum atomic E-state index is 10.6. The summed E-state index contributed by atoms with van der Waals surface area (Å²) < 4.78 is 10.2. The molecule has 1 N–H and O–H groups in total. The molecule has 0 fully saturated rings. The van der Waals surface area contributed by atoms with Gasteiger partial charge in [0.05, 0.1) is 20.3 Å². The zero-order valence-electron chi connectivity index (χ0n) is 12.3. The number of anilines is 1. The third-order valence-electron chi connectivity index (χ3n) is 2.76. The van der Waals surface area contributed by atoms with E-state index in [1.807, 2.05) is 18.7 Å². The highest BCUT2D eigenvalue weighted by Crippen LogP contribution is 2.21. The molecule has 0 aliphatic rings. The average Bonchev–Trinajstić information content (AvgIpc) is 2.42. The van der Waals surface area contributed by atoms with Crippen LogP contribution in [0.3, 0.4) is 0 Å². The lowest BCUT2D eigenvalue weighted by molar-refractivity contribution is -0.137. The van der Waals surface area contributed by atoms with Crippen molar-refractivity contribution in [2.24, 2.45) is 0 Å². The summed E-state index contributed by atoms with van der Waals surface area (Å²) in [6.45, 7) is 4.55. The van der Waals surface area contributed by atoms with Crippen LogP contribution in [0, 0.1) is 0 Å². The highest BCUT2D eigenvalue weighted by atomic mass is 16.5. The van der Waals surface area contributed by atoms with E-state index in [4.69, 9.17) is 14.6 Å². The zero-order chi connectivity index (χ0) is 15.1. The largest absolute Gasteiger partial charge is 0.481 e. The number of ether oxygens (including phenoxy) is 2. The van der Waals surface area contributed by atoms with Crippen LogP contribution in [0.15, 0.2) is 6.07 Å². The molecule has 1 rings (SSSR count). The predicted octanol–water partition coefficient (Wildman–Crippen LogP) is 1.57. The lowest BCUT2D eigenvalue weighted by Gasteiger charge is -2.26. The maximum absolute atomic E-state index is 10.6. The van der Waals surface area contributed by atoms with E-state index in [0.717, 1.165) is 0 Å². The van der Waals surface area contributed by atoms with Gasteiger partial charge >= 0.3 is 5.97 Å². The Kier molecular flexibility index (Phi) is 6.02. The molecule has 1 aromatic rings. The van der Waals surface area contributed by atoms with Crippen LogP contribution in [0.4, 0.5) is 5.95 Å². The molecule has 7 heteroatoms. The van der Waals surface area contributed by atoms with Gasteiger partial charge in [-0.15, -0.1) is 0 Å². The van der Waals surface area contributed by atoms with E-state index in [1.54, 1.807) is 6.07 Å². The second kappa shape index (κ2) is 7.52. The Hall–Kier alpha value is -2.05. The minimum Gasteiger partial charge on any atom is -0.481 e. The van der Waals surface area contributed by atoms with Gasteiger partial charge in [-0.25, -0.2) is 0 Å². The first-order chi connectivity index (χ1) is 9.47. The first-order valence-corrected chi connectivity index (χ1v) is 6.43. The average molecular weight is 283 g/mol. The number of hydrogen-bond donors (Lipinski definition) is 1. The van der Waals surface area contributed by atoms with Crippen LogP contribution in [0.1, 0.15) is 26.7 Å². The minimum atomic E-state index is -0.808. The van der Waals surface area contributed by atoms with E-state index in [1.165, 1.54) is 14.2 Å². The van der Waals surface area contributed by atoms with Crippen molar-refractivity contribution in [3.05, 3.63) is 6.07 Å². The first kappa shape index (κ1) is 16.0. The fraction of sp³-hybridized carbons (Fsp3) is 0.615. The third kappa shape index (κ3) is 4.56. The molecule has 1 aromatic heterocycles. The van der Waals surface area contributed by atoms with Gasteiger partial charge in [0.25, 0.3) is 0 Å². The Bertz CT molecular complexity index is 429. The summed E-state index contributed by atoms with van der Waals surface area (Å²) in [6, 6.07) is 1.74. The van der Waals surface area contributed by atoms with E-state index in [-0.39, 0.29) is 12.5 Å². The van der Waals surface area contributed by atoms with Gasteiger partial charge in [0, 0.05) is 19.0 Å². The van der Waals surface area contributed by atoms with Crippen molar-refractivity contribution in [1.82, 2.24) is 9.97 Å². The SMILES string of the molecule is COc1cc(OC)nc(N(CCCC(=O)O)C(C)C)n1. The number of hydrogen-bond acceptors (Lipinski definition) is 6. The number of carboxylic acids is 1. The van der Waals surface area contributed by atoms with Crippen molar-refractivity contribution >= 4 is 11.9 Å². The zero-order valence-corrected chi connectivity index (χ0v) is 12.3. The van der Waals surface area contributed by atoms with Crippen LogP contribution < -0.4 is 14.4 Å². The van der Waals surface area contributed by atoms with Gasteiger partial charge in [-0.1, -0.05) is 0 Å². The molecule has 0 unspecified atom stereocenters. The number of carbonyl (C=O) groups is 1. The van der Waals surface area contributed by atoms with Gasteiger partial charge < -0.3 is 19.5 Å². The molecular weight excluding hydrogens is 262 g/mol. The van der Waals surface area contributed by atoms with Crippen LogP contribution in [0.2, 0.25) is 0 Å². The molecule has 0 aliphatic carbocycles. The lowest BCUT2D eigenvalue weighted by atomic mass is 10.2. The van der Waals surface area contributed by atoms with Gasteiger partial charge in [0.1, 0.15) is 0 Å². The molecule has 0 bridgehead atoms. The second-order valence-corrected chi connectivity index (χ2v) is 4.54. The highest BCUT2D eigenvalue weighted by molar-refractivity contribution is 5.66. The summed E-state index contributed by atoms with van der Waals surface area (Å²) in [4.78, 5) is 21.1. The van der Waals surface area contributed by atoms with Crippen LogP contribution in [-0.4, -0.2) is 47.8 Å². The Morgan fingerprint density at radius 2 is 1.85 bits per heavy atom. The number of carboxylic acid groups (broad SMARTS) is 1. The van der Waals surface area contributed by atoms with Crippen molar-refractivity contribution in [2.75, 3.05) is 25.7 Å². The summed E-state index contributed by atoms with van der Waals surface area (Å²) in [7, 11) is 3.05. The Balaban J connectivity index is 2.92. The van der Waals surface area contributed by atoms with Crippen molar-refractivity contribution in [3.8, 4) is 11.8 Å². The number of nitrogens with zero attached hydrogens (tertiary/aromatic N) is 3. The Labute approximate surface area is 118 Å². The normalized spacial score (nSPS) is 10.4. The van der Waals surface area contributed by atoms with Crippen LogP contribution >= 0.6 is 0 Å². The van der Waals surface area contributed by atoms with Crippen LogP contribution in [-0.2, 0) is 4.79 Å². The summed E-state index contributed by atoms with van der Waals surface area (Å²) >= 11 is 0. The molecule has 0 saturated carbocycles. The Morgan fingerprint density at radius 1 is 1.30 bits per heavy atom. The van der Waals surface area contributed by atoms with Crippen molar-refractivity contribution in [1.29, 1.82) is 0 Å². The number of methoxy groups -OCH3 is 2. The number of aliphatic carboxylic acids is 1. The number of rotatable bonds is 8. The van der Waals surface area contributed by atoms with E-state index in [0.29, 0.717) is 30.7 Å². The predicted molar refractivity (Wildman–Crippen MR) is 74.5 cm³/mol. The quantitative estimate of drug-likeness (QED) is 0.775. The van der Waals surface area contributed by atoms with Crippen molar-refractivity contribution < 1.29 is 19.4 Å². The molecule has 0 aliphatic heterocycles. The molecule has 0 saturated heterocycles. The van der Waals surface area contributed by atoms with Gasteiger partial charge in [-0.3, -0.25) is 4.79 Å². The third-order valence-corrected chi connectivity index (χ3v) is 2.76. The summed E-state index contributed by atoms with van der Waals surface area (Å²) in [5, 5.41) is 8.71. The summed E-state index contributed by atoms with van der Waals surface area (Å²) in [5.74, 6) is 0.492. The van der Waals surface area contributed by atoms with Gasteiger partial charge in [-0.2, -0.15) is 9.97 Å². The van der Waals surface area contributed by atoms with Gasteiger partial charge in [-0.05, 0) is 20.3 Å². The standard InChI is InChI=1S/C13H21N3O4/c1-9(2)16(7-5-6-12(17)18)13-14-10(19-3)8-11(15-13)20-4/h8-9H,5-7H2,1-4H3,(H,17,18). The van der Waals surface area contributed by atoms with Gasteiger partial charge in [0.2, 0.25) is 17.7 Å². The summed E-state index contributed by atoms with van der Waals surface area (Å²) in [6.07, 6.45) is 0.640. The smallest absolute Gasteiger partial charge is 0.303 e. The van der Waals surface area contributed by atoms with E-state index in [9.17, 15) is 4.79 Å². The molecule has 112 valence electrons. The Morgan fingerprint density at radius 3 is 2.25 bits per heavy atom. The molecule has 0 atom stereocenters. The molecule has 0 amide bonds. The topological polar surface area (TPSA) is 84.8 Å².